The highest BCUT2D eigenvalue weighted by Gasteiger charge is 2.01. The molecule has 0 radical (unpaired) electrons. The number of nitrogens with zero attached hydrogens (tertiary/aromatic N) is 1. The number of benzene rings is 3. The van der Waals surface area contributed by atoms with Gasteiger partial charge in [-0.05, 0) is 42.0 Å². The van der Waals surface area contributed by atoms with Crippen LogP contribution in [0.4, 0.5) is 5.69 Å². The maximum absolute atomic E-state index is 5.99. The number of para-hydroxylation sites is 1. The Hall–Kier alpha value is -3.47. The molecule has 3 rings (SSSR count). The van der Waals surface area contributed by atoms with Gasteiger partial charge >= 0.3 is 0 Å². The molecule has 0 fully saturated rings. The van der Waals surface area contributed by atoms with Crippen LogP contribution in [0.1, 0.15) is 5.56 Å². The van der Waals surface area contributed by atoms with E-state index in [1.165, 1.54) is 0 Å². The molecule has 3 aromatic rings. The first-order chi connectivity index (χ1) is 12.7. The number of guanidine groups is 1. The fraction of sp³-hybridized carbons (Fsp3) is 0.0952. The Balaban J connectivity index is 1.63. The molecule has 3 aromatic carbocycles. The smallest absolute Gasteiger partial charge is 0.193 e. The van der Waals surface area contributed by atoms with E-state index in [2.05, 4.69) is 10.3 Å². The normalized spacial score (nSPS) is 11.0. The van der Waals surface area contributed by atoms with Crippen LogP contribution in [0, 0.1) is 0 Å². The van der Waals surface area contributed by atoms with Gasteiger partial charge in [0.25, 0.3) is 0 Å². The van der Waals surface area contributed by atoms with Gasteiger partial charge in [0.2, 0.25) is 0 Å². The second-order valence-corrected chi connectivity index (χ2v) is 5.62. The molecule has 5 nitrogen and oxygen atoms in total. The number of rotatable bonds is 6. The lowest BCUT2D eigenvalue weighted by molar-refractivity contribution is 0.414. The topological polar surface area (TPSA) is 68.9 Å². The van der Waals surface area contributed by atoms with Gasteiger partial charge in [-0.15, -0.1) is 0 Å². The van der Waals surface area contributed by atoms with Crippen molar-refractivity contribution >= 4 is 11.6 Å². The molecule has 0 saturated carbocycles. The van der Waals surface area contributed by atoms with E-state index in [0.717, 1.165) is 28.5 Å². The zero-order valence-electron chi connectivity index (χ0n) is 14.6. The Bertz CT molecular complexity index is 879. The highest BCUT2D eigenvalue weighted by molar-refractivity contribution is 5.92. The fourth-order valence-corrected chi connectivity index (χ4v) is 2.40. The second kappa shape index (κ2) is 8.58. The first kappa shape index (κ1) is 17.4. The summed E-state index contributed by atoms with van der Waals surface area (Å²) >= 11 is 0. The predicted molar refractivity (Wildman–Crippen MR) is 105 cm³/mol. The van der Waals surface area contributed by atoms with Crippen molar-refractivity contribution in [1.29, 1.82) is 0 Å². The van der Waals surface area contributed by atoms with Crippen LogP contribution in [0.15, 0.2) is 83.9 Å². The molecule has 0 aliphatic heterocycles. The third-order valence-electron chi connectivity index (χ3n) is 3.65. The van der Waals surface area contributed by atoms with Crippen molar-refractivity contribution in [2.24, 2.45) is 10.7 Å². The minimum absolute atomic E-state index is 0.338. The zero-order chi connectivity index (χ0) is 18.2. The van der Waals surface area contributed by atoms with Gasteiger partial charge in [-0.2, -0.15) is 0 Å². The first-order valence-corrected chi connectivity index (χ1v) is 8.26. The number of hydrogen-bond acceptors (Lipinski definition) is 3. The summed E-state index contributed by atoms with van der Waals surface area (Å²) in [5, 5.41) is 3.08. The number of methoxy groups -OCH3 is 1. The van der Waals surface area contributed by atoms with Gasteiger partial charge in [0.1, 0.15) is 17.2 Å². The SMILES string of the molecule is COc1cccc(CN=C(N)Nc2cccc(Oc3ccccc3)c2)c1. The van der Waals surface area contributed by atoms with E-state index in [9.17, 15) is 0 Å². The third kappa shape index (κ3) is 5.01. The van der Waals surface area contributed by atoms with Gasteiger partial charge in [0.15, 0.2) is 5.96 Å². The van der Waals surface area contributed by atoms with Crippen molar-refractivity contribution in [3.05, 3.63) is 84.4 Å². The molecule has 0 bridgehead atoms. The van der Waals surface area contributed by atoms with Crippen molar-refractivity contribution in [3.8, 4) is 17.2 Å². The summed E-state index contributed by atoms with van der Waals surface area (Å²) in [5.74, 6) is 2.64. The molecule has 0 unspecified atom stereocenters. The van der Waals surface area contributed by atoms with Crippen LogP contribution in [0.2, 0.25) is 0 Å². The number of nitrogens with two attached hydrogens (primary N) is 1. The van der Waals surface area contributed by atoms with E-state index in [1.807, 2.05) is 78.9 Å². The Morgan fingerprint density at radius 3 is 2.42 bits per heavy atom. The Morgan fingerprint density at radius 1 is 0.885 bits per heavy atom. The maximum atomic E-state index is 5.99. The first-order valence-electron chi connectivity index (χ1n) is 8.26. The summed E-state index contributed by atoms with van der Waals surface area (Å²) in [5.41, 5.74) is 7.83. The summed E-state index contributed by atoms with van der Waals surface area (Å²) in [4.78, 5) is 4.37. The standard InChI is InChI=1S/C21H21N3O2/c1-25-19-11-5-7-16(13-19)15-23-21(22)24-17-8-6-12-20(14-17)26-18-9-3-2-4-10-18/h2-14H,15H2,1H3,(H3,22,23,24). The molecule has 0 aliphatic rings. The van der Waals surface area contributed by atoms with Crippen LogP contribution in [-0.2, 0) is 6.54 Å². The van der Waals surface area contributed by atoms with Crippen molar-refractivity contribution in [2.45, 2.75) is 6.54 Å². The molecule has 0 atom stereocenters. The van der Waals surface area contributed by atoms with Gasteiger partial charge in [-0.3, -0.25) is 0 Å². The summed E-state index contributed by atoms with van der Waals surface area (Å²) < 4.78 is 11.0. The number of hydrogen-bond donors (Lipinski definition) is 2. The van der Waals surface area contributed by atoms with Gasteiger partial charge in [0, 0.05) is 11.8 Å². The predicted octanol–water partition coefficient (Wildman–Crippen LogP) is 4.41. The van der Waals surface area contributed by atoms with Crippen molar-refractivity contribution in [1.82, 2.24) is 0 Å². The average Bonchev–Trinajstić information content (AvgIpc) is 2.68. The summed E-state index contributed by atoms with van der Waals surface area (Å²) in [7, 11) is 1.64. The Labute approximate surface area is 153 Å². The van der Waals surface area contributed by atoms with E-state index in [-0.39, 0.29) is 0 Å². The Morgan fingerprint density at radius 2 is 1.62 bits per heavy atom. The van der Waals surface area contributed by atoms with Crippen LogP contribution < -0.4 is 20.5 Å². The molecule has 5 heteroatoms. The lowest BCUT2D eigenvalue weighted by Gasteiger charge is -2.09. The number of ether oxygens (including phenoxy) is 2. The van der Waals surface area contributed by atoms with Crippen LogP contribution in [0.25, 0.3) is 0 Å². The van der Waals surface area contributed by atoms with E-state index in [4.69, 9.17) is 15.2 Å². The van der Waals surface area contributed by atoms with Crippen molar-refractivity contribution in [3.63, 3.8) is 0 Å². The van der Waals surface area contributed by atoms with E-state index in [0.29, 0.717) is 12.5 Å². The highest BCUT2D eigenvalue weighted by Crippen LogP contribution is 2.23. The van der Waals surface area contributed by atoms with Crippen molar-refractivity contribution in [2.75, 3.05) is 12.4 Å². The molecule has 0 aliphatic carbocycles. The molecule has 26 heavy (non-hydrogen) atoms. The van der Waals surface area contributed by atoms with E-state index < -0.39 is 0 Å². The van der Waals surface area contributed by atoms with Crippen LogP contribution in [-0.4, -0.2) is 13.1 Å². The monoisotopic (exact) mass is 347 g/mol. The number of nitrogens with one attached hydrogen (secondary N) is 1. The lowest BCUT2D eigenvalue weighted by Crippen LogP contribution is -2.22. The summed E-state index contributed by atoms with van der Waals surface area (Å²) in [6.07, 6.45) is 0. The largest absolute Gasteiger partial charge is 0.497 e. The van der Waals surface area contributed by atoms with Crippen LogP contribution in [0.3, 0.4) is 0 Å². The molecule has 3 N–H and O–H groups in total. The van der Waals surface area contributed by atoms with Gasteiger partial charge in [-0.25, -0.2) is 4.99 Å². The fourth-order valence-electron chi connectivity index (χ4n) is 2.40. The van der Waals surface area contributed by atoms with Crippen molar-refractivity contribution < 1.29 is 9.47 Å². The quantitative estimate of drug-likeness (QED) is 0.512. The van der Waals surface area contributed by atoms with E-state index >= 15 is 0 Å². The van der Waals surface area contributed by atoms with Gasteiger partial charge < -0.3 is 20.5 Å². The number of aliphatic imine (C=N–C) groups is 1. The molecule has 0 amide bonds. The minimum Gasteiger partial charge on any atom is -0.497 e. The molecule has 132 valence electrons. The molecule has 0 saturated heterocycles. The van der Waals surface area contributed by atoms with Crippen LogP contribution in [0.5, 0.6) is 17.2 Å². The minimum atomic E-state index is 0.338. The molecule has 0 aromatic heterocycles. The third-order valence-corrected chi connectivity index (χ3v) is 3.65. The molecule has 0 spiro atoms. The van der Waals surface area contributed by atoms with E-state index in [1.54, 1.807) is 7.11 Å². The van der Waals surface area contributed by atoms with Gasteiger partial charge in [0.05, 0.1) is 13.7 Å². The lowest BCUT2D eigenvalue weighted by atomic mass is 10.2. The second-order valence-electron chi connectivity index (χ2n) is 5.62. The summed E-state index contributed by atoms with van der Waals surface area (Å²) in [6, 6.07) is 24.9. The van der Waals surface area contributed by atoms with Gasteiger partial charge in [-0.1, -0.05) is 36.4 Å². The number of anilines is 1. The Kier molecular flexibility index (Phi) is 5.72. The molecular weight excluding hydrogens is 326 g/mol. The maximum Gasteiger partial charge on any atom is 0.193 e. The van der Waals surface area contributed by atoms with Crippen LogP contribution >= 0.6 is 0 Å². The highest BCUT2D eigenvalue weighted by atomic mass is 16.5. The zero-order valence-corrected chi connectivity index (χ0v) is 14.6. The average molecular weight is 347 g/mol. The molecule has 0 heterocycles. The molecular formula is C21H21N3O2. The summed E-state index contributed by atoms with van der Waals surface area (Å²) in [6.45, 7) is 0.468.